The number of nitrogens with zero attached hydrogens (tertiary/aromatic N) is 1. The topological polar surface area (TPSA) is 83.9 Å². The fraction of sp³-hybridized carbons (Fsp3) is 0.296. The number of phenols is 1. The number of carbonyl (C=O) groups is 3. The lowest BCUT2D eigenvalue weighted by molar-refractivity contribution is -0.155. The molecule has 0 aliphatic carbocycles. The smallest absolute Gasteiger partial charge is 0.326 e. The fourth-order valence-corrected chi connectivity index (χ4v) is 3.70. The first-order valence-corrected chi connectivity index (χ1v) is 10.8. The number of fused-ring (bicyclic) bond motifs is 1. The van der Waals surface area contributed by atoms with Crippen molar-refractivity contribution in [1.82, 2.24) is 4.90 Å². The Hall–Kier alpha value is -3.67. The van der Waals surface area contributed by atoms with Gasteiger partial charge in [-0.15, -0.1) is 0 Å². The van der Waals surface area contributed by atoms with Gasteiger partial charge in [0.25, 0.3) is 5.91 Å². The van der Waals surface area contributed by atoms with Crippen molar-refractivity contribution in [3.05, 3.63) is 77.4 Å². The molecule has 33 heavy (non-hydrogen) atoms. The second-order valence-electron chi connectivity index (χ2n) is 9.16. The van der Waals surface area contributed by atoms with Crippen molar-refractivity contribution >= 4 is 28.4 Å². The molecule has 0 fully saturated rings. The SMILES string of the molecule is CC(=O)Cc1cccc(CN(CC(=O)OC(C)(C)C)C(=O)c2cccc3cc(O)ccc23)c1. The molecule has 0 bridgehead atoms. The van der Waals surface area contributed by atoms with E-state index in [-0.39, 0.29) is 30.5 Å². The van der Waals surface area contributed by atoms with Crippen LogP contribution in [0.1, 0.15) is 49.2 Å². The number of esters is 1. The predicted octanol–water partition coefficient (Wildman–Crippen LogP) is 4.66. The van der Waals surface area contributed by atoms with Crippen molar-refractivity contribution in [1.29, 1.82) is 0 Å². The average molecular weight is 448 g/mol. The van der Waals surface area contributed by atoms with Gasteiger partial charge in [0.15, 0.2) is 0 Å². The molecule has 0 radical (unpaired) electrons. The molecule has 0 saturated heterocycles. The van der Waals surface area contributed by atoms with Crippen molar-refractivity contribution in [3.63, 3.8) is 0 Å². The third kappa shape index (κ3) is 6.65. The van der Waals surface area contributed by atoms with Gasteiger partial charge in [0.05, 0.1) is 0 Å². The van der Waals surface area contributed by atoms with Crippen LogP contribution in [0.4, 0.5) is 0 Å². The summed E-state index contributed by atoms with van der Waals surface area (Å²) in [5, 5.41) is 11.2. The van der Waals surface area contributed by atoms with E-state index in [2.05, 4.69) is 0 Å². The number of ketones is 1. The summed E-state index contributed by atoms with van der Waals surface area (Å²) in [6.45, 7) is 6.82. The second kappa shape index (κ2) is 9.86. The highest BCUT2D eigenvalue weighted by atomic mass is 16.6. The van der Waals surface area contributed by atoms with Crippen LogP contribution in [0.5, 0.6) is 5.75 Å². The highest BCUT2D eigenvalue weighted by Crippen LogP contribution is 2.25. The minimum absolute atomic E-state index is 0.0489. The lowest BCUT2D eigenvalue weighted by atomic mass is 10.0. The third-order valence-electron chi connectivity index (χ3n) is 4.94. The summed E-state index contributed by atoms with van der Waals surface area (Å²) in [5.41, 5.74) is 1.41. The molecule has 0 aliphatic heterocycles. The van der Waals surface area contributed by atoms with Gasteiger partial charge in [-0.25, -0.2) is 0 Å². The summed E-state index contributed by atoms with van der Waals surface area (Å²) < 4.78 is 5.46. The zero-order valence-electron chi connectivity index (χ0n) is 19.4. The highest BCUT2D eigenvalue weighted by Gasteiger charge is 2.24. The monoisotopic (exact) mass is 447 g/mol. The van der Waals surface area contributed by atoms with Gasteiger partial charge in [-0.3, -0.25) is 14.4 Å². The van der Waals surface area contributed by atoms with Gasteiger partial charge in [0.1, 0.15) is 23.7 Å². The van der Waals surface area contributed by atoms with Crippen LogP contribution in [0.2, 0.25) is 0 Å². The molecule has 6 heteroatoms. The number of phenolic OH excluding ortho intramolecular Hbond substituents is 1. The quantitative estimate of drug-likeness (QED) is 0.533. The van der Waals surface area contributed by atoms with Crippen LogP contribution < -0.4 is 0 Å². The highest BCUT2D eigenvalue weighted by molar-refractivity contribution is 6.07. The molecule has 3 aromatic carbocycles. The largest absolute Gasteiger partial charge is 0.508 e. The normalized spacial score (nSPS) is 11.3. The number of aromatic hydroxyl groups is 1. The zero-order chi connectivity index (χ0) is 24.2. The van der Waals surface area contributed by atoms with E-state index in [1.54, 1.807) is 45.0 Å². The first-order chi connectivity index (χ1) is 15.5. The van der Waals surface area contributed by atoms with Crippen LogP contribution in [0.3, 0.4) is 0 Å². The molecular weight excluding hydrogens is 418 g/mol. The molecule has 0 heterocycles. The molecule has 6 nitrogen and oxygen atoms in total. The number of hydrogen-bond donors (Lipinski definition) is 1. The first-order valence-electron chi connectivity index (χ1n) is 10.8. The average Bonchev–Trinajstić information content (AvgIpc) is 2.70. The minimum atomic E-state index is -0.676. The molecule has 0 aromatic heterocycles. The number of hydrogen-bond acceptors (Lipinski definition) is 5. The molecular formula is C27H29NO5. The maximum absolute atomic E-state index is 13.6. The standard InChI is InChI=1S/C27H29NO5/c1-18(29)13-19-7-5-8-20(14-19)16-28(17-25(31)33-27(2,3)4)26(32)24-10-6-9-21-15-22(30)11-12-23(21)24/h5-12,14-15,30H,13,16-17H2,1-4H3. The van der Waals surface area contributed by atoms with Gasteiger partial charge in [0.2, 0.25) is 0 Å². The van der Waals surface area contributed by atoms with Crippen molar-refractivity contribution in [2.45, 2.75) is 46.3 Å². The van der Waals surface area contributed by atoms with Crippen molar-refractivity contribution < 1.29 is 24.2 Å². The van der Waals surface area contributed by atoms with Gasteiger partial charge in [-0.1, -0.05) is 36.4 Å². The second-order valence-corrected chi connectivity index (χ2v) is 9.16. The Morgan fingerprint density at radius 2 is 1.64 bits per heavy atom. The maximum Gasteiger partial charge on any atom is 0.326 e. The Labute approximate surface area is 193 Å². The fourth-order valence-electron chi connectivity index (χ4n) is 3.70. The lowest BCUT2D eigenvalue weighted by Gasteiger charge is -2.26. The molecule has 0 spiro atoms. The van der Waals surface area contributed by atoms with Gasteiger partial charge in [-0.2, -0.15) is 0 Å². The summed E-state index contributed by atoms with van der Waals surface area (Å²) >= 11 is 0. The van der Waals surface area contributed by atoms with E-state index in [1.165, 1.54) is 17.9 Å². The number of carbonyl (C=O) groups excluding carboxylic acids is 3. The number of ether oxygens (including phenoxy) is 1. The Balaban J connectivity index is 1.96. The van der Waals surface area contributed by atoms with E-state index < -0.39 is 11.6 Å². The van der Waals surface area contributed by atoms with E-state index in [0.717, 1.165) is 16.5 Å². The van der Waals surface area contributed by atoms with Crippen molar-refractivity contribution in [2.75, 3.05) is 6.54 Å². The number of rotatable bonds is 7. The predicted molar refractivity (Wildman–Crippen MR) is 127 cm³/mol. The van der Waals surface area contributed by atoms with Crippen molar-refractivity contribution in [3.8, 4) is 5.75 Å². The lowest BCUT2D eigenvalue weighted by Crippen LogP contribution is -2.38. The molecule has 0 saturated carbocycles. The summed E-state index contributed by atoms with van der Waals surface area (Å²) in [5.74, 6) is -0.671. The molecule has 1 amide bonds. The Bertz CT molecular complexity index is 1190. The molecule has 0 aliphatic rings. The van der Waals surface area contributed by atoms with Crippen molar-refractivity contribution in [2.24, 2.45) is 0 Å². The first kappa shape index (κ1) is 24.0. The number of benzene rings is 3. The van der Waals surface area contributed by atoms with Gasteiger partial charge >= 0.3 is 5.97 Å². The van der Waals surface area contributed by atoms with Crippen LogP contribution in [0.25, 0.3) is 10.8 Å². The van der Waals surface area contributed by atoms with Crippen LogP contribution in [-0.4, -0.2) is 39.8 Å². The zero-order valence-corrected chi connectivity index (χ0v) is 19.4. The molecule has 0 atom stereocenters. The van der Waals surface area contributed by atoms with E-state index in [4.69, 9.17) is 4.74 Å². The molecule has 3 aromatic rings. The van der Waals surface area contributed by atoms with Gasteiger partial charge in [0, 0.05) is 18.5 Å². The summed E-state index contributed by atoms with van der Waals surface area (Å²) in [4.78, 5) is 39.2. The molecule has 1 N–H and O–H groups in total. The maximum atomic E-state index is 13.6. The Morgan fingerprint density at radius 1 is 0.939 bits per heavy atom. The van der Waals surface area contributed by atoms with E-state index in [0.29, 0.717) is 17.4 Å². The van der Waals surface area contributed by atoms with E-state index in [9.17, 15) is 19.5 Å². The molecule has 172 valence electrons. The van der Waals surface area contributed by atoms with Gasteiger partial charge in [-0.05, 0) is 73.9 Å². The number of Topliss-reactive ketones (excluding diaryl/α,β-unsaturated/α-hetero) is 1. The van der Waals surface area contributed by atoms with Crippen LogP contribution >= 0.6 is 0 Å². The van der Waals surface area contributed by atoms with Crippen LogP contribution in [0, 0.1) is 0 Å². The number of amides is 1. The van der Waals surface area contributed by atoms with E-state index in [1.807, 2.05) is 30.3 Å². The van der Waals surface area contributed by atoms with Gasteiger partial charge < -0.3 is 14.7 Å². The van der Waals surface area contributed by atoms with Crippen LogP contribution in [0.15, 0.2) is 60.7 Å². The van der Waals surface area contributed by atoms with Crippen LogP contribution in [-0.2, 0) is 27.3 Å². The summed E-state index contributed by atoms with van der Waals surface area (Å²) in [6, 6.07) is 17.5. The molecule has 3 rings (SSSR count). The Kier molecular flexibility index (Phi) is 7.16. The minimum Gasteiger partial charge on any atom is -0.508 e. The summed E-state index contributed by atoms with van der Waals surface area (Å²) in [7, 11) is 0. The third-order valence-corrected chi connectivity index (χ3v) is 4.94. The summed E-state index contributed by atoms with van der Waals surface area (Å²) in [6.07, 6.45) is 0.306. The molecule has 0 unspecified atom stereocenters. The van der Waals surface area contributed by atoms with E-state index >= 15 is 0 Å². The Morgan fingerprint density at radius 3 is 2.33 bits per heavy atom.